The number of aromatic nitrogens is 2. The number of aryl methyl sites for hydroxylation is 1. The lowest BCUT2D eigenvalue weighted by atomic mass is 10.2. The van der Waals surface area contributed by atoms with E-state index in [2.05, 4.69) is 57.9 Å². The average molecular weight is 688 g/mol. The summed E-state index contributed by atoms with van der Waals surface area (Å²) < 4.78 is 20.0. The van der Waals surface area contributed by atoms with Gasteiger partial charge in [0, 0.05) is 20.9 Å². The molecule has 8 nitrogen and oxygen atoms in total. The molecule has 11 heteroatoms. The topological polar surface area (TPSA) is 92.0 Å². The molecule has 0 fully saturated rings. The van der Waals surface area contributed by atoms with Crippen LogP contribution in [-0.4, -0.2) is 41.2 Å². The van der Waals surface area contributed by atoms with Crippen LogP contribution in [0.3, 0.4) is 0 Å². The molecule has 3 rings (SSSR count). The Morgan fingerprint density at radius 3 is 2.56 bits per heavy atom. The standard InChI is InChI=1S/C25H26Br3N3O5/c1-5-8-20-30-18-10-9-16(26)12-17(18)24(32)31(20)29-13-15-11-19(34-6-2)23(22(28)21(15)27)36-14(4)25(33)35-7-3/h9-14H,5-8H2,1-4H3/t14-/m1/s1. The van der Waals surface area contributed by atoms with E-state index in [1.807, 2.05) is 26.0 Å². The zero-order chi connectivity index (χ0) is 26.4. The highest BCUT2D eigenvalue weighted by atomic mass is 79.9. The Morgan fingerprint density at radius 2 is 1.89 bits per heavy atom. The van der Waals surface area contributed by atoms with E-state index in [-0.39, 0.29) is 12.2 Å². The largest absolute Gasteiger partial charge is 0.490 e. The molecule has 0 aliphatic heterocycles. The quantitative estimate of drug-likeness (QED) is 0.185. The number of hydrogen-bond donors (Lipinski definition) is 0. The second-order valence-corrected chi connectivity index (χ2v) is 10.2. The van der Waals surface area contributed by atoms with E-state index < -0.39 is 12.1 Å². The van der Waals surface area contributed by atoms with E-state index in [4.69, 9.17) is 14.2 Å². The number of carbonyl (C=O) groups is 1. The van der Waals surface area contributed by atoms with Crippen LogP contribution in [0.2, 0.25) is 0 Å². The van der Waals surface area contributed by atoms with Crippen molar-refractivity contribution in [2.75, 3.05) is 13.2 Å². The highest BCUT2D eigenvalue weighted by Gasteiger charge is 2.23. The molecular weight excluding hydrogens is 662 g/mol. The third-order valence-electron chi connectivity index (χ3n) is 5.03. The number of halogens is 3. The summed E-state index contributed by atoms with van der Waals surface area (Å²) in [5.41, 5.74) is 0.993. The Hall–Kier alpha value is -2.24. The first-order chi connectivity index (χ1) is 17.2. The zero-order valence-corrected chi connectivity index (χ0v) is 25.1. The molecule has 0 bridgehead atoms. The van der Waals surface area contributed by atoms with Gasteiger partial charge in [0.1, 0.15) is 5.82 Å². The molecule has 0 radical (unpaired) electrons. The summed E-state index contributed by atoms with van der Waals surface area (Å²) in [6, 6.07) is 7.13. The number of rotatable bonds is 10. The summed E-state index contributed by atoms with van der Waals surface area (Å²) in [6.45, 7) is 7.83. The van der Waals surface area contributed by atoms with Crippen molar-refractivity contribution in [1.29, 1.82) is 0 Å². The van der Waals surface area contributed by atoms with Crippen molar-refractivity contribution < 1.29 is 19.0 Å². The van der Waals surface area contributed by atoms with Gasteiger partial charge >= 0.3 is 5.97 Å². The van der Waals surface area contributed by atoms with Crippen LogP contribution < -0.4 is 15.0 Å². The lowest BCUT2D eigenvalue weighted by molar-refractivity contribution is -0.150. The Balaban J connectivity index is 2.08. The molecule has 0 saturated heterocycles. The van der Waals surface area contributed by atoms with Crippen LogP contribution in [0.4, 0.5) is 0 Å². The van der Waals surface area contributed by atoms with E-state index in [0.717, 1.165) is 10.9 Å². The van der Waals surface area contributed by atoms with Gasteiger partial charge in [0.25, 0.3) is 5.56 Å². The molecular formula is C25H26Br3N3O5. The smallest absolute Gasteiger partial charge is 0.347 e. The molecule has 1 atom stereocenters. The van der Waals surface area contributed by atoms with Crippen molar-refractivity contribution >= 4 is 70.9 Å². The Morgan fingerprint density at radius 1 is 1.14 bits per heavy atom. The van der Waals surface area contributed by atoms with Crippen molar-refractivity contribution in [3.8, 4) is 11.5 Å². The minimum absolute atomic E-state index is 0.255. The van der Waals surface area contributed by atoms with Crippen LogP contribution in [0, 0.1) is 0 Å². The summed E-state index contributed by atoms with van der Waals surface area (Å²) >= 11 is 10.5. The molecule has 0 spiro atoms. The van der Waals surface area contributed by atoms with Gasteiger partial charge in [0.15, 0.2) is 17.6 Å². The van der Waals surface area contributed by atoms with E-state index in [0.29, 0.717) is 55.8 Å². The summed E-state index contributed by atoms with van der Waals surface area (Å²) in [5, 5.41) is 4.97. The minimum Gasteiger partial charge on any atom is -0.490 e. The molecule has 1 aromatic heterocycles. The maximum Gasteiger partial charge on any atom is 0.347 e. The maximum absolute atomic E-state index is 13.3. The van der Waals surface area contributed by atoms with E-state index in [9.17, 15) is 9.59 Å². The molecule has 36 heavy (non-hydrogen) atoms. The van der Waals surface area contributed by atoms with Crippen LogP contribution in [0.25, 0.3) is 10.9 Å². The molecule has 0 aliphatic carbocycles. The number of nitrogens with zero attached hydrogens (tertiary/aromatic N) is 3. The number of esters is 1. The van der Waals surface area contributed by atoms with Gasteiger partial charge < -0.3 is 14.2 Å². The molecule has 0 aliphatic rings. The van der Waals surface area contributed by atoms with Gasteiger partial charge in [-0.15, -0.1) is 0 Å². The third kappa shape index (κ3) is 6.36. The molecule has 0 saturated carbocycles. The van der Waals surface area contributed by atoms with Crippen molar-refractivity contribution in [3.63, 3.8) is 0 Å². The predicted octanol–water partition coefficient (Wildman–Crippen LogP) is 6.25. The predicted molar refractivity (Wildman–Crippen MR) is 150 cm³/mol. The number of fused-ring (bicyclic) bond motifs is 1. The molecule has 0 unspecified atom stereocenters. The van der Waals surface area contributed by atoms with Crippen molar-refractivity contribution in [2.24, 2.45) is 5.10 Å². The SMILES string of the molecule is CCCc1nc2ccc(Br)cc2c(=O)n1N=Cc1cc(OCC)c(O[C@H](C)C(=O)OCC)c(Br)c1Br. The van der Waals surface area contributed by atoms with Gasteiger partial charge in [0.05, 0.1) is 34.8 Å². The number of ether oxygens (including phenoxy) is 3. The number of carbonyl (C=O) groups excluding carboxylic acids is 1. The molecule has 0 N–H and O–H groups in total. The van der Waals surface area contributed by atoms with E-state index >= 15 is 0 Å². The van der Waals surface area contributed by atoms with Crippen LogP contribution in [0.15, 0.2) is 47.6 Å². The van der Waals surface area contributed by atoms with Crippen LogP contribution in [-0.2, 0) is 16.0 Å². The Bertz CT molecular complexity index is 1360. The van der Waals surface area contributed by atoms with Crippen LogP contribution in [0.1, 0.15) is 45.5 Å². The van der Waals surface area contributed by atoms with E-state index in [1.165, 1.54) is 4.68 Å². The molecule has 0 amide bonds. The fourth-order valence-electron chi connectivity index (χ4n) is 3.37. The van der Waals surface area contributed by atoms with Crippen molar-refractivity contribution in [2.45, 2.75) is 46.6 Å². The second kappa shape index (κ2) is 12.8. The van der Waals surface area contributed by atoms with Gasteiger partial charge in [-0.25, -0.2) is 9.78 Å². The lowest BCUT2D eigenvalue weighted by Crippen LogP contribution is -2.26. The third-order valence-corrected chi connectivity index (χ3v) is 7.67. The first kappa shape index (κ1) is 28.3. The van der Waals surface area contributed by atoms with E-state index in [1.54, 1.807) is 32.2 Å². The lowest BCUT2D eigenvalue weighted by Gasteiger charge is -2.19. The van der Waals surface area contributed by atoms with Gasteiger partial charge in [0.2, 0.25) is 0 Å². The second-order valence-electron chi connectivity index (χ2n) is 7.67. The van der Waals surface area contributed by atoms with Gasteiger partial charge in [-0.2, -0.15) is 9.78 Å². The normalized spacial score (nSPS) is 12.2. The van der Waals surface area contributed by atoms with Crippen LogP contribution in [0.5, 0.6) is 11.5 Å². The monoisotopic (exact) mass is 685 g/mol. The first-order valence-electron chi connectivity index (χ1n) is 11.4. The summed E-state index contributed by atoms with van der Waals surface area (Å²) in [7, 11) is 0. The van der Waals surface area contributed by atoms with Gasteiger partial charge in [-0.3, -0.25) is 4.79 Å². The Kier molecular flexibility index (Phi) is 10.1. The molecule has 1 heterocycles. The molecule has 3 aromatic rings. The summed E-state index contributed by atoms with van der Waals surface area (Å²) in [5.74, 6) is 0.846. The zero-order valence-electron chi connectivity index (χ0n) is 20.3. The van der Waals surface area contributed by atoms with Crippen molar-refractivity contribution in [1.82, 2.24) is 9.66 Å². The highest BCUT2D eigenvalue weighted by molar-refractivity contribution is 9.13. The number of hydrogen-bond acceptors (Lipinski definition) is 7. The minimum atomic E-state index is -0.843. The fraction of sp³-hybridized carbons (Fsp3) is 0.360. The fourth-order valence-corrected chi connectivity index (χ4v) is 4.65. The summed E-state index contributed by atoms with van der Waals surface area (Å²) in [4.78, 5) is 30.0. The van der Waals surface area contributed by atoms with Crippen molar-refractivity contribution in [3.05, 3.63) is 59.4 Å². The van der Waals surface area contributed by atoms with Gasteiger partial charge in [-0.1, -0.05) is 22.9 Å². The molecule has 192 valence electrons. The summed E-state index contributed by atoms with van der Waals surface area (Å²) in [6.07, 6.45) is 2.11. The first-order valence-corrected chi connectivity index (χ1v) is 13.8. The highest BCUT2D eigenvalue weighted by Crippen LogP contribution is 2.43. The van der Waals surface area contributed by atoms with Gasteiger partial charge in [-0.05, 0) is 83.3 Å². The van der Waals surface area contributed by atoms with Crippen LogP contribution >= 0.6 is 47.8 Å². The maximum atomic E-state index is 13.3. The average Bonchev–Trinajstić information content (AvgIpc) is 2.85. The Labute approximate surface area is 234 Å². The number of benzene rings is 2. The molecule has 2 aromatic carbocycles.